The lowest BCUT2D eigenvalue weighted by Crippen LogP contribution is -2.33. The van der Waals surface area contributed by atoms with Crippen molar-refractivity contribution in [1.82, 2.24) is 0 Å². The molecule has 0 saturated carbocycles. The molecule has 2 aromatic carbocycles. The first-order chi connectivity index (χ1) is 10.7. The lowest BCUT2D eigenvalue weighted by molar-refractivity contribution is -0.139. The third kappa shape index (κ3) is 2.60. The summed E-state index contributed by atoms with van der Waals surface area (Å²) in [5, 5.41) is 9.58. The molecule has 3 rings (SSSR count). The molecule has 0 spiro atoms. The van der Waals surface area contributed by atoms with E-state index in [0.717, 1.165) is 19.3 Å². The van der Waals surface area contributed by atoms with Gasteiger partial charge < -0.3 is 5.11 Å². The third-order valence-electron chi connectivity index (χ3n) is 4.12. The van der Waals surface area contributed by atoms with Gasteiger partial charge in [0.05, 0.1) is 0 Å². The summed E-state index contributed by atoms with van der Waals surface area (Å²) in [6, 6.07) is 13.6. The standard InChI is InChI=1S/C18H17NO3/c20-12-19(16-10-9-13-7-4-8-15(13)11-16)17(18(21)22)14-5-2-1-3-6-14/h1-3,5-6,9-12,17H,4,7-8H2,(H,21,22). The van der Waals surface area contributed by atoms with Gasteiger partial charge in [-0.1, -0.05) is 36.4 Å². The quantitative estimate of drug-likeness (QED) is 0.863. The van der Waals surface area contributed by atoms with Crippen LogP contribution < -0.4 is 4.90 Å². The van der Waals surface area contributed by atoms with E-state index in [1.54, 1.807) is 24.3 Å². The fourth-order valence-corrected chi connectivity index (χ4v) is 3.05. The number of amides is 1. The number of carboxylic acid groups (broad SMARTS) is 1. The first-order valence-corrected chi connectivity index (χ1v) is 7.34. The molecule has 0 aromatic heterocycles. The van der Waals surface area contributed by atoms with Crippen molar-refractivity contribution in [3.8, 4) is 0 Å². The molecule has 1 unspecified atom stereocenters. The van der Waals surface area contributed by atoms with Crippen molar-refractivity contribution in [2.24, 2.45) is 0 Å². The van der Waals surface area contributed by atoms with E-state index in [1.165, 1.54) is 16.0 Å². The van der Waals surface area contributed by atoms with Gasteiger partial charge in [0, 0.05) is 5.69 Å². The SMILES string of the molecule is O=CN(c1ccc2c(c1)CCC2)C(C(=O)O)c1ccccc1. The Balaban J connectivity index is 2.01. The first-order valence-electron chi connectivity index (χ1n) is 7.34. The van der Waals surface area contributed by atoms with E-state index in [4.69, 9.17) is 0 Å². The fraction of sp³-hybridized carbons (Fsp3) is 0.222. The van der Waals surface area contributed by atoms with Gasteiger partial charge in [-0.2, -0.15) is 0 Å². The van der Waals surface area contributed by atoms with Crippen molar-refractivity contribution < 1.29 is 14.7 Å². The molecule has 0 aliphatic heterocycles. The highest BCUT2D eigenvalue weighted by Gasteiger charge is 2.28. The highest BCUT2D eigenvalue weighted by molar-refractivity contribution is 5.89. The average molecular weight is 295 g/mol. The second kappa shape index (κ2) is 6.02. The largest absolute Gasteiger partial charge is 0.479 e. The molecule has 0 saturated heterocycles. The van der Waals surface area contributed by atoms with Crippen molar-refractivity contribution in [3.63, 3.8) is 0 Å². The smallest absolute Gasteiger partial charge is 0.331 e. The number of fused-ring (bicyclic) bond motifs is 1. The minimum Gasteiger partial charge on any atom is -0.479 e. The summed E-state index contributed by atoms with van der Waals surface area (Å²) < 4.78 is 0. The molecule has 2 aromatic rings. The van der Waals surface area contributed by atoms with Crippen LogP contribution in [-0.4, -0.2) is 17.5 Å². The van der Waals surface area contributed by atoms with Gasteiger partial charge >= 0.3 is 5.97 Å². The Morgan fingerprint density at radius 2 is 1.82 bits per heavy atom. The molecule has 0 radical (unpaired) electrons. The van der Waals surface area contributed by atoms with Crippen molar-refractivity contribution >= 4 is 18.1 Å². The highest BCUT2D eigenvalue weighted by Crippen LogP contribution is 2.31. The zero-order chi connectivity index (χ0) is 15.5. The summed E-state index contributed by atoms with van der Waals surface area (Å²) in [5.74, 6) is -1.04. The molecule has 4 heteroatoms. The van der Waals surface area contributed by atoms with Crippen LogP contribution in [0.3, 0.4) is 0 Å². The monoisotopic (exact) mass is 295 g/mol. The number of carboxylic acids is 1. The Hall–Kier alpha value is -2.62. The van der Waals surface area contributed by atoms with Gasteiger partial charge in [-0.25, -0.2) is 4.79 Å². The molecule has 0 heterocycles. The fourth-order valence-electron chi connectivity index (χ4n) is 3.05. The predicted molar refractivity (Wildman–Crippen MR) is 83.8 cm³/mol. The number of aliphatic carboxylic acids is 1. The number of hydrogen-bond donors (Lipinski definition) is 1. The van der Waals surface area contributed by atoms with Crippen LogP contribution in [0.4, 0.5) is 5.69 Å². The molecule has 1 aliphatic rings. The molecule has 112 valence electrons. The Morgan fingerprint density at radius 1 is 1.09 bits per heavy atom. The number of carbonyl (C=O) groups is 2. The van der Waals surface area contributed by atoms with Crippen molar-refractivity contribution in [2.45, 2.75) is 25.3 Å². The summed E-state index contributed by atoms with van der Waals surface area (Å²) in [6.45, 7) is 0. The van der Waals surface area contributed by atoms with Gasteiger partial charge in [0.25, 0.3) is 0 Å². The van der Waals surface area contributed by atoms with E-state index < -0.39 is 12.0 Å². The van der Waals surface area contributed by atoms with E-state index in [9.17, 15) is 14.7 Å². The maximum Gasteiger partial charge on any atom is 0.331 e. The van der Waals surface area contributed by atoms with E-state index in [2.05, 4.69) is 0 Å². The van der Waals surface area contributed by atoms with E-state index in [1.807, 2.05) is 24.3 Å². The lowest BCUT2D eigenvalue weighted by Gasteiger charge is -2.26. The first kappa shape index (κ1) is 14.3. The second-order valence-corrected chi connectivity index (χ2v) is 5.47. The number of aryl methyl sites for hydroxylation is 2. The number of carbonyl (C=O) groups excluding carboxylic acids is 1. The average Bonchev–Trinajstić information content (AvgIpc) is 3.00. The summed E-state index contributed by atoms with van der Waals surface area (Å²) in [4.78, 5) is 24.6. The normalized spacial score (nSPS) is 14.2. The van der Waals surface area contributed by atoms with Crippen LogP contribution >= 0.6 is 0 Å². The number of nitrogens with zero attached hydrogens (tertiary/aromatic N) is 1. The van der Waals surface area contributed by atoms with Gasteiger partial charge in [0.15, 0.2) is 6.04 Å². The van der Waals surface area contributed by atoms with Crippen molar-refractivity contribution in [2.75, 3.05) is 4.90 Å². The zero-order valence-corrected chi connectivity index (χ0v) is 12.1. The van der Waals surface area contributed by atoms with Gasteiger partial charge in [-0.3, -0.25) is 9.69 Å². The molecule has 4 nitrogen and oxygen atoms in total. The highest BCUT2D eigenvalue weighted by atomic mass is 16.4. The number of rotatable bonds is 5. The Kier molecular flexibility index (Phi) is 3.92. The zero-order valence-electron chi connectivity index (χ0n) is 12.1. The Morgan fingerprint density at radius 3 is 2.50 bits per heavy atom. The topological polar surface area (TPSA) is 57.6 Å². The second-order valence-electron chi connectivity index (χ2n) is 5.47. The molecule has 22 heavy (non-hydrogen) atoms. The summed E-state index contributed by atoms with van der Waals surface area (Å²) in [6.07, 6.45) is 3.75. The minimum absolute atomic E-state index is 0.586. The predicted octanol–water partition coefficient (Wildman–Crippen LogP) is 2.96. The van der Waals surface area contributed by atoms with Gasteiger partial charge in [-0.15, -0.1) is 0 Å². The molecular formula is C18H17NO3. The van der Waals surface area contributed by atoms with Crippen LogP contribution in [0, 0.1) is 0 Å². The summed E-state index contributed by atoms with van der Waals surface area (Å²) in [7, 11) is 0. The van der Waals surface area contributed by atoms with E-state index in [-0.39, 0.29) is 0 Å². The van der Waals surface area contributed by atoms with Crippen LogP contribution in [0.5, 0.6) is 0 Å². The summed E-state index contributed by atoms with van der Waals surface area (Å²) >= 11 is 0. The number of hydrogen-bond acceptors (Lipinski definition) is 2. The molecular weight excluding hydrogens is 278 g/mol. The molecule has 1 aliphatic carbocycles. The number of benzene rings is 2. The van der Waals surface area contributed by atoms with Crippen LogP contribution in [0.1, 0.15) is 29.2 Å². The Bertz CT molecular complexity index is 697. The van der Waals surface area contributed by atoms with Crippen molar-refractivity contribution in [1.29, 1.82) is 0 Å². The van der Waals surface area contributed by atoms with Gasteiger partial charge in [0.1, 0.15) is 0 Å². The molecule has 1 N–H and O–H groups in total. The van der Waals surface area contributed by atoms with Crippen molar-refractivity contribution in [3.05, 3.63) is 65.2 Å². The molecule has 0 bridgehead atoms. The molecule has 0 fully saturated rings. The van der Waals surface area contributed by atoms with E-state index in [0.29, 0.717) is 17.7 Å². The third-order valence-corrected chi connectivity index (χ3v) is 4.12. The Labute approximate surface area is 129 Å². The number of anilines is 1. The van der Waals surface area contributed by atoms with Crippen LogP contribution in [0.15, 0.2) is 48.5 Å². The minimum atomic E-state index is -1.04. The lowest BCUT2D eigenvalue weighted by atomic mass is 10.0. The summed E-state index contributed by atoms with van der Waals surface area (Å²) in [5.41, 5.74) is 3.72. The van der Waals surface area contributed by atoms with E-state index >= 15 is 0 Å². The van der Waals surface area contributed by atoms with Gasteiger partial charge in [0.2, 0.25) is 6.41 Å². The molecule has 1 amide bonds. The van der Waals surface area contributed by atoms with Gasteiger partial charge in [-0.05, 0) is 48.1 Å². The van der Waals surface area contributed by atoms with Crippen LogP contribution in [-0.2, 0) is 22.4 Å². The molecule has 1 atom stereocenters. The van der Waals surface area contributed by atoms with Crippen LogP contribution in [0.25, 0.3) is 0 Å². The maximum absolute atomic E-state index is 11.7. The van der Waals surface area contributed by atoms with Crippen LogP contribution in [0.2, 0.25) is 0 Å². The maximum atomic E-state index is 11.7.